The first-order valence-electron chi connectivity index (χ1n) is 8.72. The second kappa shape index (κ2) is 10.1. The number of carbonyl (C=O) groups excluding carboxylic acids is 3. The molecule has 0 heterocycles. The van der Waals surface area contributed by atoms with Crippen LogP contribution in [-0.4, -0.2) is 37.4 Å². The molecule has 0 saturated carbocycles. The van der Waals surface area contributed by atoms with Crippen molar-refractivity contribution >= 4 is 17.7 Å². The number of nitrogens with one attached hydrogen (secondary N) is 1. The molecule has 7 nitrogen and oxygen atoms in total. The van der Waals surface area contributed by atoms with E-state index >= 15 is 0 Å². The molecule has 7 heteroatoms. The average Bonchev–Trinajstić information content (AvgIpc) is 2.70. The summed E-state index contributed by atoms with van der Waals surface area (Å²) in [6.07, 6.45) is 0. The van der Waals surface area contributed by atoms with Gasteiger partial charge in [-0.2, -0.15) is 0 Å². The molecule has 1 N–H and O–H groups in total. The molecule has 0 saturated heterocycles. The lowest BCUT2D eigenvalue weighted by Crippen LogP contribution is -2.41. The van der Waals surface area contributed by atoms with E-state index < -0.39 is 17.9 Å². The minimum atomic E-state index is -0.853. The first-order valence-corrected chi connectivity index (χ1v) is 8.72. The van der Waals surface area contributed by atoms with Gasteiger partial charge in [0.05, 0.1) is 7.11 Å². The molecule has 28 heavy (non-hydrogen) atoms. The van der Waals surface area contributed by atoms with Crippen LogP contribution >= 0.6 is 0 Å². The molecule has 1 atom stereocenters. The van der Waals surface area contributed by atoms with Crippen molar-refractivity contribution in [2.24, 2.45) is 0 Å². The number of esters is 1. The van der Waals surface area contributed by atoms with Crippen molar-refractivity contribution in [2.75, 3.05) is 13.7 Å². The van der Waals surface area contributed by atoms with Gasteiger partial charge >= 0.3 is 5.97 Å². The van der Waals surface area contributed by atoms with E-state index in [1.807, 2.05) is 6.07 Å². The van der Waals surface area contributed by atoms with Gasteiger partial charge in [-0.3, -0.25) is 9.59 Å². The summed E-state index contributed by atoms with van der Waals surface area (Å²) in [6, 6.07) is 12.9. The fraction of sp³-hybridized carbons (Fsp3) is 0.286. The van der Waals surface area contributed by atoms with Crippen molar-refractivity contribution in [2.45, 2.75) is 26.5 Å². The molecule has 0 bridgehead atoms. The van der Waals surface area contributed by atoms with Crippen LogP contribution in [0, 0.1) is 0 Å². The van der Waals surface area contributed by atoms with E-state index in [0.29, 0.717) is 22.6 Å². The van der Waals surface area contributed by atoms with Gasteiger partial charge in [0.2, 0.25) is 0 Å². The van der Waals surface area contributed by atoms with Gasteiger partial charge in [-0.15, -0.1) is 0 Å². The van der Waals surface area contributed by atoms with Gasteiger partial charge in [0.1, 0.15) is 24.1 Å². The third kappa shape index (κ3) is 6.12. The zero-order chi connectivity index (χ0) is 20.5. The third-order valence-corrected chi connectivity index (χ3v) is 3.90. The predicted octanol–water partition coefficient (Wildman–Crippen LogP) is 2.52. The second-order valence-electron chi connectivity index (χ2n) is 6.08. The van der Waals surface area contributed by atoms with Crippen LogP contribution in [0.4, 0.5) is 0 Å². The summed E-state index contributed by atoms with van der Waals surface area (Å²) < 4.78 is 15.8. The number of benzene rings is 2. The van der Waals surface area contributed by atoms with Crippen molar-refractivity contribution in [1.29, 1.82) is 0 Å². The van der Waals surface area contributed by atoms with Crippen LogP contribution in [0.3, 0.4) is 0 Å². The highest BCUT2D eigenvalue weighted by Gasteiger charge is 2.18. The van der Waals surface area contributed by atoms with Crippen molar-refractivity contribution in [3.8, 4) is 11.5 Å². The normalized spacial score (nSPS) is 11.2. The van der Waals surface area contributed by atoms with E-state index in [-0.39, 0.29) is 19.0 Å². The molecular formula is C21H23NO6. The highest BCUT2D eigenvalue weighted by molar-refractivity contribution is 5.94. The molecule has 0 aliphatic heterocycles. The molecule has 148 valence electrons. The molecule has 2 rings (SSSR count). The molecule has 0 fully saturated rings. The smallest absolute Gasteiger partial charge is 0.328 e. The first kappa shape index (κ1) is 21.0. The molecular weight excluding hydrogens is 362 g/mol. The Morgan fingerprint density at radius 2 is 1.79 bits per heavy atom. The van der Waals surface area contributed by atoms with Crippen LogP contribution in [0.15, 0.2) is 48.5 Å². The molecule has 0 aliphatic carbocycles. The summed E-state index contributed by atoms with van der Waals surface area (Å²) in [4.78, 5) is 35.6. The summed E-state index contributed by atoms with van der Waals surface area (Å²) in [5.74, 6) is -0.0850. The van der Waals surface area contributed by atoms with E-state index in [4.69, 9.17) is 14.2 Å². The molecule has 2 aromatic carbocycles. The highest BCUT2D eigenvalue weighted by Crippen LogP contribution is 2.21. The van der Waals surface area contributed by atoms with Gasteiger partial charge in [0.15, 0.2) is 12.4 Å². The highest BCUT2D eigenvalue weighted by atomic mass is 16.5. The molecule has 0 aromatic heterocycles. The number of rotatable bonds is 9. The van der Waals surface area contributed by atoms with E-state index in [9.17, 15) is 14.4 Å². The molecule has 1 amide bonds. The van der Waals surface area contributed by atoms with Crippen molar-refractivity contribution in [3.05, 3.63) is 59.7 Å². The minimum Gasteiger partial charge on any atom is -0.496 e. The second-order valence-corrected chi connectivity index (χ2v) is 6.08. The Hall–Kier alpha value is -3.35. The topological polar surface area (TPSA) is 90.9 Å². The monoisotopic (exact) mass is 385 g/mol. The number of carbonyl (C=O) groups is 3. The Labute approximate surface area is 163 Å². The predicted molar refractivity (Wildman–Crippen MR) is 102 cm³/mol. The lowest BCUT2D eigenvalue weighted by atomic mass is 10.1. The fourth-order valence-corrected chi connectivity index (χ4v) is 2.39. The quantitative estimate of drug-likeness (QED) is 0.527. The third-order valence-electron chi connectivity index (χ3n) is 3.90. The maximum absolute atomic E-state index is 12.2. The van der Waals surface area contributed by atoms with Crippen LogP contribution in [-0.2, 0) is 20.9 Å². The number of hydrogen-bond donors (Lipinski definition) is 1. The molecule has 0 spiro atoms. The number of hydrogen-bond acceptors (Lipinski definition) is 6. The number of para-hydroxylation sites is 1. The Balaban J connectivity index is 1.86. The number of amides is 1. The van der Waals surface area contributed by atoms with E-state index in [0.717, 1.165) is 0 Å². The van der Waals surface area contributed by atoms with Gasteiger partial charge in [-0.05, 0) is 44.2 Å². The maximum Gasteiger partial charge on any atom is 0.328 e. The van der Waals surface area contributed by atoms with Gasteiger partial charge in [-0.1, -0.05) is 18.2 Å². The van der Waals surface area contributed by atoms with E-state index in [1.165, 1.54) is 21.0 Å². The molecule has 0 aliphatic rings. The van der Waals surface area contributed by atoms with Crippen molar-refractivity contribution in [1.82, 2.24) is 5.32 Å². The summed E-state index contributed by atoms with van der Waals surface area (Å²) in [5, 5.41) is 2.52. The Morgan fingerprint density at radius 3 is 2.43 bits per heavy atom. The van der Waals surface area contributed by atoms with Crippen LogP contribution < -0.4 is 14.8 Å². The lowest BCUT2D eigenvalue weighted by Gasteiger charge is -2.15. The van der Waals surface area contributed by atoms with Gasteiger partial charge < -0.3 is 19.5 Å². The number of ketones is 1. The van der Waals surface area contributed by atoms with Crippen molar-refractivity contribution in [3.63, 3.8) is 0 Å². The number of methoxy groups -OCH3 is 1. The van der Waals surface area contributed by atoms with Gasteiger partial charge in [0, 0.05) is 11.1 Å². The minimum absolute atomic E-state index is 0.0795. The van der Waals surface area contributed by atoms with E-state index in [2.05, 4.69) is 5.32 Å². The Kier molecular flexibility index (Phi) is 7.56. The maximum atomic E-state index is 12.2. The Bertz CT molecular complexity index is 834. The van der Waals surface area contributed by atoms with Gasteiger partial charge in [0.25, 0.3) is 5.91 Å². The molecule has 2 aromatic rings. The largest absolute Gasteiger partial charge is 0.496 e. The Morgan fingerprint density at radius 1 is 1.07 bits per heavy atom. The molecule has 0 radical (unpaired) electrons. The summed E-state index contributed by atoms with van der Waals surface area (Å²) in [6.45, 7) is 2.68. The average molecular weight is 385 g/mol. The zero-order valence-corrected chi connectivity index (χ0v) is 16.1. The SMILES string of the molecule is COc1ccc(C(C)=O)cc1COC(=O)[C@H](C)NC(=O)COc1ccccc1. The van der Waals surface area contributed by atoms with Crippen LogP contribution in [0.2, 0.25) is 0 Å². The first-order chi connectivity index (χ1) is 13.4. The fourth-order valence-electron chi connectivity index (χ4n) is 2.39. The summed E-state index contributed by atoms with van der Waals surface area (Å²) in [7, 11) is 1.49. The summed E-state index contributed by atoms with van der Waals surface area (Å²) in [5.41, 5.74) is 1.06. The summed E-state index contributed by atoms with van der Waals surface area (Å²) >= 11 is 0. The zero-order valence-electron chi connectivity index (χ0n) is 16.1. The van der Waals surface area contributed by atoms with Crippen molar-refractivity contribution < 1.29 is 28.6 Å². The van der Waals surface area contributed by atoms with Crippen LogP contribution in [0.25, 0.3) is 0 Å². The van der Waals surface area contributed by atoms with Gasteiger partial charge in [-0.25, -0.2) is 4.79 Å². The number of Topliss-reactive ketones (excluding diaryl/α,β-unsaturated/α-hetero) is 1. The lowest BCUT2D eigenvalue weighted by molar-refractivity contribution is -0.148. The molecule has 0 unspecified atom stereocenters. The van der Waals surface area contributed by atoms with Crippen LogP contribution in [0.5, 0.6) is 11.5 Å². The number of ether oxygens (including phenoxy) is 3. The van der Waals surface area contributed by atoms with Crippen LogP contribution in [0.1, 0.15) is 29.8 Å². The van der Waals surface area contributed by atoms with E-state index in [1.54, 1.807) is 42.5 Å². The standard InChI is InChI=1S/C21H23NO6/c1-14(22-20(24)13-27-18-7-5-4-6-8-18)21(25)28-12-17-11-16(15(2)23)9-10-19(17)26-3/h4-11,14H,12-13H2,1-3H3,(H,22,24)/t14-/m0/s1.